The molecule has 0 atom stereocenters. The normalized spacial score (nSPS) is 9.21. The second kappa shape index (κ2) is 5.16. The monoisotopic (exact) mass is 244 g/mol. The summed E-state index contributed by atoms with van der Waals surface area (Å²) in [5.74, 6) is 0. The van der Waals surface area contributed by atoms with Crippen LogP contribution in [0, 0.1) is 11.3 Å². The zero-order valence-corrected chi connectivity index (χ0v) is 9.38. The Morgan fingerprint density at radius 2 is 2.14 bits per heavy atom. The third kappa shape index (κ3) is 3.15. The molecule has 5 heteroatoms. The molecule has 0 amide bonds. The first-order valence-corrected chi connectivity index (χ1v) is 4.92. The molecule has 0 radical (unpaired) electrons. The predicted octanol–water partition coefficient (Wildman–Crippen LogP) is 3.65. The average molecular weight is 245 g/mol. The first-order chi connectivity index (χ1) is 6.63. The van der Waals surface area contributed by atoms with Crippen LogP contribution in [0.2, 0.25) is 10.0 Å². The maximum atomic E-state index is 8.39. The van der Waals surface area contributed by atoms with Crippen LogP contribution < -0.4 is 5.32 Å². The molecule has 0 heterocycles. The summed E-state index contributed by atoms with van der Waals surface area (Å²) in [6, 6.07) is 7.03. The summed E-state index contributed by atoms with van der Waals surface area (Å²) in [5.41, 5.74) is 0.736. The largest absolute Gasteiger partial charge is 0.349 e. The number of rotatable bonds is 2. The number of anilines is 1. The number of nitriles is 1. The van der Waals surface area contributed by atoms with Crippen molar-refractivity contribution >= 4 is 46.1 Å². The molecule has 0 spiro atoms. The lowest BCUT2D eigenvalue weighted by Crippen LogP contribution is -2.07. The molecule has 2 nitrogen and oxygen atoms in total. The summed E-state index contributed by atoms with van der Waals surface area (Å²) in [6.07, 6.45) is 0.190. The van der Waals surface area contributed by atoms with Gasteiger partial charge in [0.25, 0.3) is 0 Å². The average Bonchev–Trinajstić information content (AvgIpc) is 2.12. The van der Waals surface area contributed by atoms with Crippen LogP contribution in [0.3, 0.4) is 0 Å². The molecule has 72 valence electrons. The van der Waals surface area contributed by atoms with Gasteiger partial charge >= 0.3 is 0 Å². The number of hydrogen-bond donors (Lipinski definition) is 1. The SMILES string of the molecule is N#CCC(=S)Nc1ccc(Cl)c(Cl)c1. The van der Waals surface area contributed by atoms with Crippen LogP contribution in [0.4, 0.5) is 5.69 Å². The summed E-state index contributed by atoms with van der Waals surface area (Å²) in [7, 11) is 0. The highest BCUT2D eigenvalue weighted by atomic mass is 35.5. The molecule has 0 unspecified atom stereocenters. The van der Waals surface area contributed by atoms with Gasteiger partial charge in [-0.05, 0) is 18.2 Å². The van der Waals surface area contributed by atoms with Crippen LogP contribution in [-0.2, 0) is 0 Å². The lowest BCUT2D eigenvalue weighted by Gasteiger charge is -2.05. The highest BCUT2D eigenvalue weighted by Crippen LogP contribution is 2.25. The highest BCUT2D eigenvalue weighted by molar-refractivity contribution is 7.80. The van der Waals surface area contributed by atoms with Crippen molar-refractivity contribution in [3.8, 4) is 6.07 Å². The van der Waals surface area contributed by atoms with Crippen molar-refractivity contribution in [2.24, 2.45) is 0 Å². The molecule has 0 aromatic heterocycles. The zero-order chi connectivity index (χ0) is 10.6. The van der Waals surface area contributed by atoms with Crippen molar-refractivity contribution in [3.63, 3.8) is 0 Å². The third-order valence-electron chi connectivity index (χ3n) is 1.44. The van der Waals surface area contributed by atoms with Gasteiger partial charge in [0.15, 0.2) is 0 Å². The van der Waals surface area contributed by atoms with E-state index in [-0.39, 0.29) is 6.42 Å². The van der Waals surface area contributed by atoms with Gasteiger partial charge in [0, 0.05) is 5.69 Å². The minimum atomic E-state index is 0.190. The van der Waals surface area contributed by atoms with E-state index in [0.717, 1.165) is 5.69 Å². The maximum absolute atomic E-state index is 8.39. The minimum Gasteiger partial charge on any atom is -0.349 e. The number of thiocarbonyl (C=S) groups is 1. The van der Waals surface area contributed by atoms with Gasteiger partial charge in [-0.15, -0.1) is 0 Å². The van der Waals surface area contributed by atoms with Crippen LogP contribution in [0.1, 0.15) is 6.42 Å². The van der Waals surface area contributed by atoms with E-state index in [2.05, 4.69) is 5.32 Å². The van der Waals surface area contributed by atoms with Gasteiger partial charge in [0.1, 0.15) is 0 Å². The molecule has 0 aliphatic carbocycles. The second-order valence-corrected chi connectivity index (χ2v) is 3.82. The first kappa shape index (κ1) is 11.3. The molecule has 14 heavy (non-hydrogen) atoms. The number of benzene rings is 1. The van der Waals surface area contributed by atoms with Crippen molar-refractivity contribution in [2.45, 2.75) is 6.42 Å². The number of nitrogens with one attached hydrogen (secondary N) is 1. The molecule has 0 aliphatic heterocycles. The van der Waals surface area contributed by atoms with E-state index in [1.54, 1.807) is 18.2 Å². The van der Waals surface area contributed by atoms with Crippen LogP contribution >= 0.6 is 35.4 Å². The van der Waals surface area contributed by atoms with Crippen LogP contribution in [0.15, 0.2) is 18.2 Å². The van der Waals surface area contributed by atoms with E-state index >= 15 is 0 Å². The Labute approximate surface area is 97.4 Å². The van der Waals surface area contributed by atoms with Crippen molar-refractivity contribution in [1.29, 1.82) is 5.26 Å². The fraction of sp³-hybridized carbons (Fsp3) is 0.111. The van der Waals surface area contributed by atoms with E-state index < -0.39 is 0 Å². The zero-order valence-electron chi connectivity index (χ0n) is 7.05. The molecule has 1 N–H and O–H groups in total. The van der Waals surface area contributed by atoms with Gasteiger partial charge in [0.2, 0.25) is 0 Å². The Morgan fingerprint density at radius 3 is 2.71 bits per heavy atom. The summed E-state index contributed by atoms with van der Waals surface area (Å²) in [6.45, 7) is 0. The van der Waals surface area contributed by atoms with Gasteiger partial charge < -0.3 is 5.32 Å². The van der Waals surface area contributed by atoms with Gasteiger partial charge in [-0.1, -0.05) is 35.4 Å². The topological polar surface area (TPSA) is 35.8 Å². The van der Waals surface area contributed by atoms with Crippen molar-refractivity contribution < 1.29 is 0 Å². The molecule has 1 aromatic rings. The second-order valence-electron chi connectivity index (χ2n) is 2.51. The van der Waals surface area contributed by atoms with Gasteiger partial charge in [0.05, 0.1) is 27.5 Å². The highest BCUT2D eigenvalue weighted by Gasteiger charge is 2.00. The molecule has 0 bridgehead atoms. The minimum absolute atomic E-state index is 0.190. The van der Waals surface area contributed by atoms with Gasteiger partial charge in [-0.2, -0.15) is 5.26 Å². The predicted molar refractivity (Wildman–Crippen MR) is 62.9 cm³/mol. The van der Waals surface area contributed by atoms with E-state index in [1.807, 2.05) is 6.07 Å². The molecule has 0 saturated carbocycles. The molecule has 1 rings (SSSR count). The fourth-order valence-corrected chi connectivity index (χ4v) is 1.33. The Hall–Kier alpha value is -0.820. The molecular weight excluding hydrogens is 239 g/mol. The van der Waals surface area contributed by atoms with Gasteiger partial charge in [-0.25, -0.2) is 0 Å². The van der Waals surface area contributed by atoms with Crippen molar-refractivity contribution in [2.75, 3.05) is 5.32 Å². The van der Waals surface area contributed by atoms with E-state index in [9.17, 15) is 0 Å². The lowest BCUT2D eigenvalue weighted by molar-refractivity contribution is 1.41. The smallest absolute Gasteiger partial charge is 0.0939 e. The summed E-state index contributed by atoms with van der Waals surface area (Å²) < 4.78 is 0. The van der Waals surface area contributed by atoms with E-state index in [1.165, 1.54) is 0 Å². The fourth-order valence-electron chi connectivity index (χ4n) is 0.851. The first-order valence-electron chi connectivity index (χ1n) is 3.75. The standard InChI is InChI=1S/C9H6Cl2N2S/c10-7-2-1-6(5-8(7)11)13-9(14)3-4-12/h1-2,5H,3H2,(H,13,14). The van der Waals surface area contributed by atoms with Crippen molar-refractivity contribution in [3.05, 3.63) is 28.2 Å². The van der Waals surface area contributed by atoms with Crippen LogP contribution in [0.25, 0.3) is 0 Å². The Balaban J connectivity index is 2.74. The quantitative estimate of drug-likeness (QED) is 0.808. The Bertz CT molecular complexity index is 398. The third-order valence-corrected chi connectivity index (χ3v) is 2.43. The molecule has 0 fully saturated rings. The summed E-state index contributed by atoms with van der Waals surface area (Å²) in [4.78, 5) is 0.464. The molecule has 1 aromatic carbocycles. The Kier molecular flexibility index (Phi) is 4.15. The molecule has 0 saturated heterocycles. The van der Waals surface area contributed by atoms with Gasteiger partial charge in [-0.3, -0.25) is 0 Å². The lowest BCUT2D eigenvalue weighted by atomic mass is 10.3. The summed E-state index contributed by atoms with van der Waals surface area (Å²) in [5, 5.41) is 12.2. The number of halogens is 2. The molecule has 0 aliphatic rings. The van der Waals surface area contributed by atoms with Crippen molar-refractivity contribution in [1.82, 2.24) is 0 Å². The Morgan fingerprint density at radius 1 is 1.43 bits per heavy atom. The van der Waals surface area contributed by atoms with Crippen LogP contribution in [0.5, 0.6) is 0 Å². The van der Waals surface area contributed by atoms with E-state index in [0.29, 0.717) is 15.0 Å². The molecular formula is C9H6Cl2N2S. The summed E-state index contributed by atoms with van der Waals surface area (Å²) >= 11 is 16.4. The van der Waals surface area contributed by atoms with E-state index in [4.69, 9.17) is 40.7 Å². The maximum Gasteiger partial charge on any atom is 0.0939 e. The number of hydrogen-bond acceptors (Lipinski definition) is 2. The number of nitrogens with zero attached hydrogens (tertiary/aromatic N) is 1. The van der Waals surface area contributed by atoms with Crippen LogP contribution in [-0.4, -0.2) is 4.99 Å².